The molecule has 1 aromatic carbocycles. The van der Waals surface area contributed by atoms with Gasteiger partial charge in [-0.25, -0.2) is 0 Å². The molecule has 0 unspecified atom stereocenters. The van der Waals surface area contributed by atoms with E-state index in [1.807, 2.05) is 119 Å². The van der Waals surface area contributed by atoms with Gasteiger partial charge in [-0.05, 0) is 62.2 Å². The van der Waals surface area contributed by atoms with Crippen LogP contribution in [0.5, 0.6) is 0 Å². The van der Waals surface area contributed by atoms with Gasteiger partial charge in [-0.15, -0.1) is 0 Å². The van der Waals surface area contributed by atoms with Gasteiger partial charge < -0.3 is 0 Å². The maximum atomic E-state index is 2.00. The zero-order valence-electron chi connectivity index (χ0n) is 26.3. The van der Waals surface area contributed by atoms with Gasteiger partial charge >= 0.3 is 0 Å². The van der Waals surface area contributed by atoms with E-state index in [1.54, 1.807) is 38.5 Å². The molecule has 1 aromatic rings. The smallest absolute Gasteiger partial charge is 0.0406 e. The molecule has 6 rings (SSSR count). The van der Waals surface area contributed by atoms with Crippen molar-refractivity contribution in [1.82, 2.24) is 0 Å². The summed E-state index contributed by atoms with van der Waals surface area (Å²) < 4.78 is 0. The highest BCUT2D eigenvalue weighted by atomic mass is 14.5. The predicted octanol–water partition coefficient (Wildman–Crippen LogP) is 13.0. The van der Waals surface area contributed by atoms with E-state index >= 15 is 0 Å². The van der Waals surface area contributed by atoms with Crippen molar-refractivity contribution in [3.63, 3.8) is 0 Å². The molecule has 4 bridgehead atoms. The van der Waals surface area contributed by atoms with Gasteiger partial charge in [0, 0.05) is 0 Å². The molecule has 206 valence electrons. The summed E-state index contributed by atoms with van der Waals surface area (Å²) >= 11 is 0. The summed E-state index contributed by atoms with van der Waals surface area (Å²) in [6, 6.07) is 12.0. The van der Waals surface area contributed by atoms with Crippen molar-refractivity contribution in [2.75, 3.05) is 0 Å². The highest BCUT2D eigenvalue weighted by Gasteiger charge is 2.41. The molecular formula is C34H70. The van der Waals surface area contributed by atoms with E-state index in [1.165, 1.54) is 62.2 Å². The molecule has 0 nitrogen and oxygen atoms in total. The first-order chi connectivity index (χ1) is 16.9. The fraction of sp³-hybridized carbons (Fsp3) is 0.824. The lowest BCUT2D eigenvalue weighted by atomic mass is 9.56. The molecule has 0 aromatic heterocycles. The zero-order valence-corrected chi connectivity index (χ0v) is 26.3. The van der Waals surface area contributed by atoms with Gasteiger partial charge in [-0.2, -0.15) is 0 Å². The van der Waals surface area contributed by atoms with Crippen LogP contribution in [0.1, 0.15) is 160 Å². The van der Waals surface area contributed by atoms with Crippen molar-refractivity contribution in [2.45, 2.75) is 160 Å². The molecule has 5 fully saturated rings. The third kappa shape index (κ3) is 23.0. The Bertz CT molecular complexity index is 295. The van der Waals surface area contributed by atoms with Crippen molar-refractivity contribution >= 4 is 0 Å². The summed E-state index contributed by atoms with van der Waals surface area (Å²) in [7, 11) is 0. The van der Waals surface area contributed by atoms with E-state index in [4.69, 9.17) is 0 Å². The van der Waals surface area contributed by atoms with E-state index < -0.39 is 0 Å². The monoisotopic (exact) mass is 479 g/mol. The van der Waals surface area contributed by atoms with E-state index in [9.17, 15) is 0 Å². The summed E-state index contributed by atoms with van der Waals surface area (Å²) in [5, 5.41) is 0. The highest BCUT2D eigenvalue weighted by molar-refractivity contribution is 4.99. The van der Waals surface area contributed by atoms with Crippen molar-refractivity contribution in [3.05, 3.63) is 36.4 Å². The van der Waals surface area contributed by atoms with Crippen LogP contribution in [0.3, 0.4) is 0 Å². The van der Waals surface area contributed by atoms with Crippen LogP contribution in [-0.4, -0.2) is 0 Å². The Balaban J connectivity index is -0.000000167. The van der Waals surface area contributed by atoms with Crippen LogP contribution in [0.4, 0.5) is 0 Å². The Morgan fingerprint density at radius 1 is 0.265 bits per heavy atom. The van der Waals surface area contributed by atoms with Crippen molar-refractivity contribution in [2.24, 2.45) is 23.7 Å². The van der Waals surface area contributed by atoms with Gasteiger partial charge in [-0.1, -0.05) is 158 Å². The minimum atomic E-state index is 1.18. The topological polar surface area (TPSA) is 0 Å². The molecule has 0 heteroatoms. The molecule has 0 spiro atoms. The number of hydrogen-bond donors (Lipinski definition) is 0. The third-order valence-electron chi connectivity index (χ3n) is 6.17. The van der Waals surface area contributed by atoms with Gasteiger partial charge in [-0.3, -0.25) is 0 Å². The molecule has 34 heavy (non-hydrogen) atoms. The molecule has 0 N–H and O–H groups in total. The van der Waals surface area contributed by atoms with Crippen LogP contribution in [0.25, 0.3) is 0 Å². The van der Waals surface area contributed by atoms with E-state index in [0.29, 0.717) is 0 Å². The fourth-order valence-electron chi connectivity index (χ4n) is 5.43. The second-order valence-corrected chi connectivity index (χ2v) is 8.15. The molecule has 0 radical (unpaired) electrons. The zero-order chi connectivity index (χ0) is 27.0. The summed E-state index contributed by atoms with van der Waals surface area (Å²) in [5.74, 6) is 4.71. The molecular weight excluding hydrogens is 408 g/mol. The summed E-state index contributed by atoms with van der Waals surface area (Å²) in [6.45, 7) is 24.0. The molecule has 5 aliphatic rings. The Morgan fingerprint density at radius 3 is 0.500 bits per heavy atom. The normalized spacial score (nSPS) is 23.6. The van der Waals surface area contributed by atoms with Crippen molar-refractivity contribution < 1.29 is 0 Å². The SMILES string of the molecule is C1C2CC3CC1CC(C2)C3.C1CCCCC1.CC.CC.CC.CC.CC.CC.c1ccccc1. The van der Waals surface area contributed by atoms with Gasteiger partial charge in [0.2, 0.25) is 0 Å². The maximum absolute atomic E-state index is 2.00. The first kappa shape index (κ1) is 40.4. The second kappa shape index (κ2) is 36.8. The number of hydrogen-bond acceptors (Lipinski definition) is 0. The van der Waals surface area contributed by atoms with Gasteiger partial charge in [0.15, 0.2) is 0 Å². The van der Waals surface area contributed by atoms with Gasteiger partial charge in [0.25, 0.3) is 0 Å². The van der Waals surface area contributed by atoms with Crippen molar-refractivity contribution in [3.8, 4) is 0 Å². The molecule has 0 atom stereocenters. The minimum Gasteiger partial charge on any atom is -0.0683 e. The van der Waals surface area contributed by atoms with E-state index in [-0.39, 0.29) is 0 Å². The lowest BCUT2D eigenvalue weighted by Gasteiger charge is -2.49. The Morgan fingerprint density at radius 2 is 0.382 bits per heavy atom. The lowest BCUT2D eigenvalue weighted by Crippen LogP contribution is -2.38. The molecule has 0 saturated heterocycles. The minimum absolute atomic E-state index is 1.18. The molecule has 0 amide bonds. The molecule has 0 heterocycles. The number of rotatable bonds is 0. The largest absolute Gasteiger partial charge is 0.0683 e. The van der Waals surface area contributed by atoms with Crippen LogP contribution in [0, 0.1) is 23.7 Å². The van der Waals surface area contributed by atoms with Gasteiger partial charge in [0.1, 0.15) is 0 Å². The third-order valence-corrected chi connectivity index (χ3v) is 6.17. The quantitative estimate of drug-likeness (QED) is 0.347. The summed E-state index contributed by atoms with van der Waals surface area (Å²) in [5.41, 5.74) is 0. The standard InChI is InChI=1S/C10H16.C6H12.C6H6.6C2H6/c1-7-2-9-4-8(1)5-10(3-7)6-9;2*1-2-4-6-5-3-1;6*1-2/h7-10H,1-6H2;1-6H2;1-6H;6*1-2H3. The average molecular weight is 479 g/mol. The molecule has 5 saturated carbocycles. The van der Waals surface area contributed by atoms with Crippen LogP contribution < -0.4 is 0 Å². The second-order valence-electron chi connectivity index (χ2n) is 8.15. The highest BCUT2D eigenvalue weighted by Crippen LogP contribution is 2.53. The van der Waals surface area contributed by atoms with Crippen LogP contribution in [0.15, 0.2) is 36.4 Å². The summed E-state index contributed by atoms with van der Waals surface area (Å²) in [6.07, 6.45) is 18.6. The Kier molecular flexibility index (Phi) is 43.7. The summed E-state index contributed by atoms with van der Waals surface area (Å²) in [4.78, 5) is 0. The first-order valence-corrected chi connectivity index (χ1v) is 15.9. The maximum Gasteiger partial charge on any atom is -0.0406 e. The lowest BCUT2D eigenvalue weighted by molar-refractivity contribution is 0.0198. The van der Waals surface area contributed by atoms with Gasteiger partial charge in [0.05, 0.1) is 0 Å². The number of benzene rings is 1. The Labute approximate surface area is 220 Å². The van der Waals surface area contributed by atoms with Crippen LogP contribution in [0.2, 0.25) is 0 Å². The molecule has 0 aliphatic heterocycles. The van der Waals surface area contributed by atoms with Crippen molar-refractivity contribution in [1.29, 1.82) is 0 Å². The predicted molar refractivity (Wildman–Crippen MR) is 164 cm³/mol. The van der Waals surface area contributed by atoms with Crippen LogP contribution in [-0.2, 0) is 0 Å². The van der Waals surface area contributed by atoms with E-state index in [2.05, 4.69) is 0 Å². The molecule has 5 aliphatic carbocycles. The van der Waals surface area contributed by atoms with Crippen LogP contribution >= 0.6 is 0 Å². The average Bonchev–Trinajstić information content (AvgIpc) is 2.97. The fourth-order valence-corrected chi connectivity index (χ4v) is 5.43. The Hall–Kier alpha value is -0.780. The first-order valence-electron chi connectivity index (χ1n) is 15.9. The van der Waals surface area contributed by atoms with E-state index in [0.717, 1.165) is 0 Å².